The lowest BCUT2D eigenvalue weighted by molar-refractivity contribution is -0.146. The Hall–Kier alpha value is -1.06. The summed E-state index contributed by atoms with van der Waals surface area (Å²) in [6.45, 7) is 6.75. The number of carboxylic acid groups (broad SMARTS) is 1. The largest absolute Gasteiger partial charge is 0.481 e. The first-order valence-corrected chi connectivity index (χ1v) is 6.50. The van der Waals surface area contributed by atoms with Gasteiger partial charge in [-0.05, 0) is 46.5 Å². The van der Waals surface area contributed by atoms with E-state index in [1.165, 1.54) is 0 Å². The Morgan fingerprint density at radius 2 is 1.65 bits per heavy atom. The van der Waals surface area contributed by atoms with Gasteiger partial charge in [0.1, 0.15) is 0 Å². The number of nitrogens with zero attached hydrogens (tertiary/aromatic N) is 1. The van der Waals surface area contributed by atoms with Crippen LogP contribution in [0.4, 0.5) is 0 Å². The Morgan fingerprint density at radius 1 is 1.18 bits per heavy atom. The van der Waals surface area contributed by atoms with E-state index < -0.39 is 5.97 Å². The van der Waals surface area contributed by atoms with E-state index in [1.807, 2.05) is 25.7 Å². The minimum absolute atomic E-state index is 0.0351. The van der Waals surface area contributed by atoms with Gasteiger partial charge in [0.05, 0.1) is 5.92 Å². The molecule has 1 aliphatic rings. The van der Waals surface area contributed by atoms with E-state index in [9.17, 15) is 9.59 Å². The van der Waals surface area contributed by atoms with Gasteiger partial charge in [0, 0.05) is 18.5 Å². The molecule has 0 spiro atoms. The number of carbonyl (C=O) groups is 2. The standard InChI is InChI=1S/C13H23NO3/c1-4-14(9(2)3)12(15)10-5-7-11(8-6-10)13(16)17/h9-11H,4-8H2,1-3H3,(H,16,17). The fraction of sp³-hybridized carbons (Fsp3) is 0.846. The number of carboxylic acids is 1. The molecule has 4 heteroatoms. The molecule has 98 valence electrons. The van der Waals surface area contributed by atoms with Gasteiger partial charge < -0.3 is 10.0 Å². The normalized spacial score (nSPS) is 24.7. The highest BCUT2D eigenvalue weighted by Gasteiger charge is 2.32. The Kier molecular flexibility index (Phi) is 4.97. The zero-order chi connectivity index (χ0) is 13.0. The maximum atomic E-state index is 12.2. The van der Waals surface area contributed by atoms with Gasteiger partial charge >= 0.3 is 5.97 Å². The van der Waals surface area contributed by atoms with Gasteiger partial charge in [-0.15, -0.1) is 0 Å². The molecule has 0 atom stereocenters. The van der Waals surface area contributed by atoms with Crippen LogP contribution in [0, 0.1) is 11.8 Å². The second kappa shape index (κ2) is 6.03. The number of hydrogen-bond acceptors (Lipinski definition) is 2. The lowest BCUT2D eigenvalue weighted by Gasteiger charge is -2.32. The van der Waals surface area contributed by atoms with E-state index in [2.05, 4.69) is 0 Å². The van der Waals surface area contributed by atoms with Crippen molar-refractivity contribution < 1.29 is 14.7 Å². The van der Waals surface area contributed by atoms with Crippen LogP contribution in [0.2, 0.25) is 0 Å². The predicted molar refractivity (Wildman–Crippen MR) is 65.6 cm³/mol. The van der Waals surface area contributed by atoms with Gasteiger partial charge in [-0.3, -0.25) is 9.59 Å². The molecule has 1 saturated carbocycles. The monoisotopic (exact) mass is 241 g/mol. The number of carbonyl (C=O) groups excluding carboxylic acids is 1. The molecule has 0 bridgehead atoms. The smallest absolute Gasteiger partial charge is 0.306 e. The fourth-order valence-electron chi connectivity index (χ4n) is 2.60. The summed E-state index contributed by atoms with van der Waals surface area (Å²) in [5.74, 6) is -0.723. The lowest BCUT2D eigenvalue weighted by atomic mass is 9.81. The molecule has 0 aromatic heterocycles. The van der Waals surface area contributed by atoms with E-state index in [1.54, 1.807) is 0 Å². The molecule has 0 aromatic rings. The van der Waals surface area contributed by atoms with E-state index in [0.717, 1.165) is 19.4 Å². The summed E-state index contributed by atoms with van der Waals surface area (Å²) in [7, 11) is 0. The minimum atomic E-state index is -0.716. The third-order valence-electron chi connectivity index (χ3n) is 3.67. The van der Waals surface area contributed by atoms with Crippen molar-refractivity contribution in [1.82, 2.24) is 4.90 Å². The van der Waals surface area contributed by atoms with Gasteiger partial charge in [-0.2, -0.15) is 0 Å². The maximum Gasteiger partial charge on any atom is 0.306 e. The van der Waals surface area contributed by atoms with E-state index in [-0.39, 0.29) is 23.8 Å². The lowest BCUT2D eigenvalue weighted by Crippen LogP contribution is -2.42. The first kappa shape index (κ1) is 14.0. The van der Waals surface area contributed by atoms with Gasteiger partial charge in [0.15, 0.2) is 0 Å². The zero-order valence-electron chi connectivity index (χ0n) is 11.0. The second-order valence-corrected chi connectivity index (χ2v) is 5.10. The Morgan fingerprint density at radius 3 is 2.00 bits per heavy atom. The Bertz CT molecular complexity index is 280. The molecular formula is C13H23NO3. The molecule has 1 amide bonds. The van der Waals surface area contributed by atoms with Crippen LogP contribution in [0.15, 0.2) is 0 Å². The van der Waals surface area contributed by atoms with Crippen molar-refractivity contribution >= 4 is 11.9 Å². The van der Waals surface area contributed by atoms with Crippen molar-refractivity contribution in [3.05, 3.63) is 0 Å². The number of hydrogen-bond donors (Lipinski definition) is 1. The van der Waals surface area contributed by atoms with Crippen LogP contribution in [0.3, 0.4) is 0 Å². The minimum Gasteiger partial charge on any atom is -0.481 e. The molecular weight excluding hydrogens is 218 g/mol. The maximum absolute atomic E-state index is 12.2. The van der Waals surface area contributed by atoms with Crippen LogP contribution in [0.5, 0.6) is 0 Å². The predicted octanol–water partition coefficient (Wildman–Crippen LogP) is 2.13. The second-order valence-electron chi connectivity index (χ2n) is 5.10. The molecule has 0 aromatic carbocycles. The molecule has 1 aliphatic carbocycles. The molecule has 0 aliphatic heterocycles. The number of rotatable bonds is 4. The SMILES string of the molecule is CCN(C(=O)C1CCC(C(=O)O)CC1)C(C)C. The van der Waals surface area contributed by atoms with E-state index in [4.69, 9.17) is 5.11 Å². The number of amides is 1. The van der Waals surface area contributed by atoms with Crippen molar-refractivity contribution in [2.75, 3.05) is 6.54 Å². The van der Waals surface area contributed by atoms with Crippen molar-refractivity contribution in [3.63, 3.8) is 0 Å². The molecule has 1 N–H and O–H groups in total. The molecule has 0 unspecified atom stereocenters. The van der Waals surface area contributed by atoms with Gasteiger partial charge in [-0.25, -0.2) is 0 Å². The first-order chi connectivity index (χ1) is 7.97. The van der Waals surface area contributed by atoms with Crippen LogP contribution in [-0.2, 0) is 9.59 Å². The summed E-state index contributed by atoms with van der Waals surface area (Å²) in [4.78, 5) is 24.9. The summed E-state index contributed by atoms with van der Waals surface area (Å²) < 4.78 is 0. The summed E-state index contributed by atoms with van der Waals surface area (Å²) in [6, 6.07) is 0.227. The third kappa shape index (κ3) is 3.45. The van der Waals surface area contributed by atoms with E-state index in [0.29, 0.717) is 12.8 Å². The summed E-state index contributed by atoms with van der Waals surface area (Å²) in [5.41, 5.74) is 0. The average Bonchev–Trinajstić information content (AvgIpc) is 2.29. The Balaban J connectivity index is 2.53. The van der Waals surface area contributed by atoms with Gasteiger partial charge in [0.2, 0.25) is 5.91 Å². The quantitative estimate of drug-likeness (QED) is 0.820. The van der Waals surface area contributed by atoms with Crippen LogP contribution in [0.25, 0.3) is 0 Å². The molecule has 4 nitrogen and oxygen atoms in total. The highest BCUT2D eigenvalue weighted by Crippen LogP contribution is 2.30. The van der Waals surface area contributed by atoms with Gasteiger partial charge in [0.25, 0.3) is 0 Å². The first-order valence-electron chi connectivity index (χ1n) is 6.50. The third-order valence-corrected chi connectivity index (χ3v) is 3.67. The van der Waals surface area contributed by atoms with E-state index >= 15 is 0 Å². The fourth-order valence-corrected chi connectivity index (χ4v) is 2.60. The topological polar surface area (TPSA) is 57.6 Å². The molecule has 0 heterocycles. The molecule has 0 radical (unpaired) electrons. The molecule has 1 rings (SSSR count). The molecule has 1 fully saturated rings. The summed E-state index contributed by atoms with van der Waals surface area (Å²) >= 11 is 0. The average molecular weight is 241 g/mol. The molecule has 0 saturated heterocycles. The van der Waals surface area contributed by atoms with Crippen LogP contribution < -0.4 is 0 Å². The zero-order valence-corrected chi connectivity index (χ0v) is 11.0. The van der Waals surface area contributed by atoms with Crippen molar-refractivity contribution in [3.8, 4) is 0 Å². The van der Waals surface area contributed by atoms with Crippen molar-refractivity contribution in [2.24, 2.45) is 11.8 Å². The van der Waals surface area contributed by atoms with Crippen LogP contribution in [-0.4, -0.2) is 34.5 Å². The molecule has 17 heavy (non-hydrogen) atoms. The number of aliphatic carboxylic acids is 1. The Labute approximate surface area is 103 Å². The van der Waals surface area contributed by atoms with Crippen molar-refractivity contribution in [2.45, 2.75) is 52.5 Å². The summed E-state index contributed by atoms with van der Waals surface area (Å²) in [6.07, 6.45) is 2.72. The highest BCUT2D eigenvalue weighted by molar-refractivity contribution is 5.79. The van der Waals surface area contributed by atoms with Crippen LogP contribution in [0.1, 0.15) is 46.5 Å². The highest BCUT2D eigenvalue weighted by atomic mass is 16.4. The van der Waals surface area contributed by atoms with Gasteiger partial charge in [-0.1, -0.05) is 0 Å². The summed E-state index contributed by atoms with van der Waals surface area (Å²) in [5, 5.41) is 8.91. The van der Waals surface area contributed by atoms with Crippen LogP contribution >= 0.6 is 0 Å². The van der Waals surface area contributed by atoms with Crippen molar-refractivity contribution in [1.29, 1.82) is 0 Å².